The molecule has 0 atom stereocenters. The zero-order valence-electron chi connectivity index (χ0n) is 9.97. The first kappa shape index (κ1) is 11.2. The average Bonchev–Trinajstić information content (AvgIpc) is 3.14. The average molecular weight is 245 g/mol. The molecule has 0 spiro atoms. The summed E-state index contributed by atoms with van der Waals surface area (Å²) in [5.41, 5.74) is 0.790. The van der Waals surface area contributed by atoms with Crippen LogP contribution in [0.1, 0.15) is 18.7 Å². The monoisotopic (exact) mass is 245 g/mol. The van der Waals surface area contributed by atoms with Gasteiger partial charge in [-0.1, -0.05) is 6.07 Å². The molecule has 1 fully saturated rings. The number of nitrogens with one attached hydrogen (secondary N) is 2. The Morgan fingerprint density at radius 1 is 1.39 bits per heavy atom. The molecule has 18 heavy (non-hydrogen) atoms. The van der Waals surface area contributed by atoms with Gasteiger partial charge < -0.3 is 10.6 Å². The van der Waals surface area contributed by atoms with Gasteiger partial charge in [-0.2, -0.15) is 0 Å². The van der Waals surface area contributed by atoms with Gasteiger partial charge in [0.15, 0.2) is 11.5 Å². The number of carbonyl (C=O) groups excluding carboxylic acids is 1. The molecule has 0 unspecified atom stereocenters. The molecule has 2 N–H and O–H groups in total. The second kappa shape index (κ2) is 4.73. The summed E-state index contributed by atoms with van der Waals surface area (Å²) in [6, 6.07) is 6.25. The Morgan fingerprint density at radius 2 is 2.28 bits per heavy atom. The van der Waals surface area contributed by atoms with Gasteiger partial charge >= 0.3 is 0 Å². The van der Waals surface area contributed by atoms with E-state index in [4.69, 9.17) is 0 Å². The molecule has 1 aliphatic rings. The van der Waals surface area contributed by atoms with Crippen LogP contribution in [0, 0.1) is 0 Å². The number of nitrogens with zero attached hydrogens (tertiary/aromatic N) is 3. The molecule has 0 aliphatic heterocycles. The lowest BCUT2D eigenvalue weighted by Gasteiger charge is -2.04. The predicted octanol–water partition coefficient (Wildman–Crippen LogP) is 0.0975. The first-order valence-electron chi connectivity index (χ1n) is 6.11. The van der Waals surface area contributed by atoms with Crippen molar-refractivity contribution in [1.82, 2.24) is 25.2 Å². The Hall–Kier alpha value is -1.95. The van der Waals surface area contributed by atoms with Gasteiger partial charge in [-0.3, -0.25) is 9.20 Å². The van der Waals surface area contributed by atoms with E-state index in [1.807, 2.05) is 28.8 Å². The smallest absolute Gasteiger partial charge is 0.234 e. The number of fused-ring (bicyclic) bond motifs is 1. The van der Waals surface area contributed by atoms with Crippen molar-refractivity contribution in [1.29, 1.82) is 0 Å². The van der Waals surface area contributed by atoms with E-state index in [9.17, 15) is 4.79 Å². The summed E-state index contributed by atoms with van der Waals surface area (Å²) < 4.78 is 1.87. The highest BCUT2D eigenvalue weighted by atomic mass is 16.1. The Bertz CT molecular complexity index is 560. The van der Waals surface area contributed by atoms with E-state index in [1.165, 1.54) is 12.8 Å². The molecular weight excluding hydrogens is 230 g/mol. The summed E-state index contributed by atoms with van der Waals surface area (Å²) in [5, 5.41) is 14.1. The molecule has 1 saturated carbocycles. The zero-order chi connectivity index (χ0) is 12.4. The molecular formula is C12H15N5O. The zero-order valence-corrected chi connectivity index (χ0v) is 9.97. The Morgan fingerprint density at radius 3 is 3.11 bits per heavy atom. The van der Waals surface area contributed by atoms with Crippen LogP contribution in [0.3, 0.4) is 0 Å². The first-order chi connectivity index (χ1) is 8.83. The van der Waals surface area contributed by atoms with Crippen molar-refractivity contribution in [2.24, 2.45) is 0 Å². The SMILES string of the molecule is O=C(CNC1CC1)NCc1nnc2ccccn12. The fourth-order valence-corrected chi connectivity index (χ4v) is 1.78. The summed E-state index contributed by atoms with van der Waals surface area (Å²) >= 11 is 0. The van der Waals surface area contributed by atoms with Gasteiger partial charge in [0.1, 0.15) is 0 Å². The van der Waals surface area contributed by atoms with E-state index < -0.39 is 0 Å². The summed E-state index contributed by atoms with van der Waals surface area (Å²) in [5.74, 6) is 0.736. The van der Waals surface area contributed by atoms with E-state index in [2.05, 4.69) is 20.8 Å². The van der Waals surface area contributed by atoms with Gasteiger partial charge in [0.25, 0.3) is 0 Å². The van der Waals surface area contributed by atoms with Gasteiger partial charge in [-0.25, -0.2) is 0 Å². The quantitative estimate of drug-likeness (QED) is 0.783. The third-order valence-electron chi connectivity index (χ3n) is 2.96. The van der Waals surface area contributed by atoms with Crippen LogP contribution in [0.15, 0.2) is 24.4 Å². The minimum absolute atomic E-state index is 0.00502. The Labute approximate surface area is 104 Å². The largest absolute Gasteiger partial charge is 0.348 e. The van der Waals surface area contributed by atoms with Crippen molar-refractivity contribution in [3.05, 3.63) is 30.2 Å². The predicted molar refractivity (Wildman–Crippen MR) is 65.9 cm³/mol. The molecule has 3 rings (SSSR count). The van der Waals surface area contributed by atoms with Gasteiger partial charge in [0, 0.05) is 12.2 Å². The molecule has 0 aromatic carbocycles. The number of pyridine rings is 1. The highest BCUT2D eigenvalue weighted by Gasteiger charge is 2.21. The van der Waals surface area contributed by atoms with Crippen molar-refractivity contribution in [2.75, 3.05) is 6.54 Å². The lowest BCUT2D eigenvalue weighted by molar-refractivity contribution is -0.120. The van der Waals surface area contributed by atoms with E-state index in [1.54, 1.807) is 0 Å². The summed E-state index contributed by atoms with van der Waals surface area (Å²) in [6.45, 7) is 0.776. The second-order valence-electron chi connectivity index (χ2n) is 4.48. The maximum absolute atomic E-state index is 11.6. The third kappa shape index (κ3) is 2.48. The highest BCUT2D eigenvalue weighted by Crippen LogP contribution is 2.17. The fraction of sp³-hybridized carbons (Fsp3) is 0.417. The van der Waals surface area contributed by atoms with Crippen molar-refractivity contribution in [3.63, 3.8) is 0 Å². The van der Waals surface area contributed by atoms with Crippen LogP contribution in [-0.4, -0.2) is 33.1 Å². The van der Waals surface area contributed by atoms with Crippen LogP contribution in [0.5, 0.6) is 0 Å². The van der Waals surface area contributed by atoms with Crippen LogP contribution < -0.4 is 10.6 Å². The minimum atomic E-state index is -0.00502. The van der Waals surface area contributed by atoms with Crippen molar-refractivity contribution >= 4 is 11.6 Å². The molecule has 0 radical (unpaired) electrons. The standard InChI is InChI=1S/C12H15N5O/c18-12(8-13-9-4-5-9)14-7-11-16-15-10-3-1-2-6-17(10)11/h1-3,6,9,13H,4-5,7-8H2,(H,14,18). The van der Waals surface area contributed by atoms with Gasteiger partial charge in [-0.05, 0) is 25.0 Å². The van der Waals surface area contributed by atoms with Gasteiger partial charge in [-0.15, -0.1) is 10.2 Å². The van der Waals surface area contributed by atoms with E-state index >= 15 is 0 Å². The first-order valence-corrected chi connectivity index (χ1v) is 6.11. The van der Waals surface area contributed by atoms with Crippen LogP contribution in [0.4, 0.5) is 0 Å². The van der Waals surface area contributed by atoms with Gasteiger partial charge in [0.2, 0.25) is 5.91 Å². The van der Waals surface area contributed by atoms with Crippen LogP contribution in [0.2, 0.25) is 0 Å². The lowest BCUT2D eigenvalue weighted by Crippen LogP contribution is -2.34. The molecule has 0 bridgehead atoms. The maximum atomic E-state index is 11.6. The number of rotatable bonds is 5. The molecule has 2 aromatic heterocycles. The number of carbonyl (C=O) groups is 1. The molecule has 2 heterocycles. The molecule has 0 saturated heterocycles. The molecule has 1 amide bonds. The fourth-order valence-electron chi connectivity index (χ4n) is 1.78. The van der Waals surface area contributed by atoms with Crippen LogP contribution in [0.25, 0.3) is 5.65 Å². The van der Waals surface area contributed by atoms with Crippen molar-refractivity contribution in [3.8, 4) is 0 Å². The van der Waals surface area contributed by atoms with E-state index in [0.717, 1.165) is 11.5 Å². The maximum Gasteiger partial charge on any atom is 0.234 e. The summed E-state index contributed by atoms with van der Waals surface area (Å²) in [6.07, 6.45) is 4.25. The second-order valence-corrected chi connectivity index (χ2v) is 4.48. The Kier molecular flexibility index (Phi) is 2.93. The van der Waals surface area contributed by atoms with Crippen LogP contribution >= 0.6 is 0 Å². The number of hydrogen-bond acceptors (Lipinski definition) is 4. The number of aromatic nitrogens is 3. The normalized spacial score (nSPS) is 14.9. The van der Waals surface area contributed by atoms with E-state index in [0.29, 0.717) is 19.1 Å². The molecule has 94 valence electrons. The number of amides is 1. The molecule has 6 heteroatoms. The van der Waals surface area contributed by atoms with Gasteiger partial charge in [0.05, 0.1) is 13.1 Å². The topological polar surface area (TPSA) is 71.3 Å². The third-order valence-corrected chi connectivity index (χ3v) is 2.96. The number of hydrogen-bond donors (Lipinski definition) is 2. The minimum Gasteiger partial charge on any atom is -0.348 e. The molecule has 2 aromatic rings. The van der Waals surface area contributed by atoms with Crippen molar-refractivity contribution in [2.45, 2.75) is 25.4 Å². The molecule has 6 nitrogen and oxygen atoms in total. The lowest BCUT2D eigenvalue weighted by atomic mass is 10.4. The van der Waals surface area contributed by atoms with E-state index in [-0.39, 0.29) is 5.91 Å². The summed E-state index contributed by atoms with van der Waals surface area (Å²) in [7, 11) is 0. The summed E-state index contributed by atoms with van der Waals surface area (Å²) in [4.78, 5) is 11.6. The molecule has 1 aliphatic carbocycles. The van der Waals surface area contributed by atoms with Crippen LogP contribution in [-0.2, 0) is 11.3 Å². The van der Waals surface area contributed by atoms with Crippen molar-refractivity contribution < 1.29 is 4.79 Å². The Balaban J connectivity index is 1.57. The highest BCUT2D eigenvalue weighted by molar-refractivity contribution is 5.77.